The first kappa shape index (κ1) is 19.0. The fraction of sp³-hybridized carbons (Fsp3) is 0.348. The lowest BCUT2D eigenvalue weighted by Crippen LogP contribution is -2.44. The number of nitrogens with zero attached hydrogens (tertiary/aromatic N) is 2. The maximum absolute atomic E-state index is 14.6. The highest BCUT2D eigenvalue weighted by atomic mass is 32.2. The van der Waals surface area contributed by atoms with E-state index in [0.29, 0.717) is 34.6 Å². The number of thioether (sulfide) groups is 1. The third kappa shape index (κ3) is 2.29. The minimum absolute atomic E-state index is 0.0933. The summed E-state index contributed by atoms with van der Waals surface area (Å²) < 4.78 is 21.3. The largest absolute Gasteiger partial charge is 0.458 e. The van der Waals surface area contributed by atoms with Crippen molar-refractivity contribution in [3.05, 3.63) is 56.1 Å². The molecule has 1 N–H and O–H groups in total. The molecule has 0 radical (unpaired) electrons. The number of hydrogen-bond donors (Lipinski definition) is 1. The van der Waals surface area contributed by atoms with Crippen molar-refractivity contribution in [2.75, 3.05) is 5.75 Å². The number of carbonyl (C=O) groups excluding carboxylic acids is 1. The van der Waals surface area contributed by atoms with Crippen LogP contribution in [0, 0.1) is 12.7 Å². The van der Waals surface area contributed by atoms with E-state index in [-0.39, 0.29) is 30.0 Å². The number of benzene rings is 1. The molecule has 8 heteroatoms. The zero-order valence-electron chi connectivity index (χ0n) is 17.0. The molecule has 0 amide bonds. The third-order valence-electron chi connectivity index (χ3n) is 6.83. The Morgan fingerprint density at radius 1 is 1.29 bits per heavy atom. The zero-order chi connectivity index (χ0) is 21.7. The van der Waals surface area contributed by atoms with E-state index in [2.05, 4.69) is 0 Å². The van der Waals surface area contributed by atoms with Crippen LogP contribution >= 0.6 is 11.8 Å². The number of halogens is 1. The van der Waals surface area contributed by atoms with Gasteiger partial charge in [-0.15, -0.1) is 11.8 Å². The van der Waals surface area contributed by atoms with Gasteiger partial charge >= 0.3 is 5.97 Å². The number of pyridine rings is 2. The summed E-state index contributed by atoms with van der Waals surface area (Å²) in [6.45, 7) is 3.68. The summed E-state index contributed by atoms with van der Waals surface area (Å²) in [6.07, 6.45) is 0.906. The minimum Gasteiger partial charge on any atom is -0.458 e. The average Bonchev–Trinajstić information content (AvgIpc) is 3.14. The van der Waals surface area contributed by atoms with E-state index in [4.69, 9.17) is 9.72 Å². The molecular formula is C23H19FN2O4S. The van der Waals surface area contributed by atoms with Gasteiger partial charge in [0.25, 0.3) is 5.56 Å². The molecule has 3 aliphatic rings. The number of esters is 1. The van der Waals surface area contributed by atoms with Crippen molar-refractivity contribution in [2.45, 2.75) is 50.3 Å². The van der Waals surface area contributed by atoms with Crippen molar-refractivity contribution >= 4 is 28.6 Å². The summed E-state index contributed by atoms with van der Waals surface area (Å²) >= 11 is 1.64. The first-order valence-corrected chi connectivity index (χ1v) is 11.3. The van der Waals surface area contributed by atoms with Gasteiger partial charge in [0, 0.05) is 33.2 Å². The summed E-state index contributed by atoms with van der Waals surface area (Å²) in [6, 6.07) is 3.16. The van der Waals surface area contributed by atoms with Crippen LogP contribution in [0.5, 0.6) is 0 Å². The van der Waals surface area contributed by atoms with Gasteiger partial charge in [-0.1, -0.05) is 6.92 Å². The Morgan fingerprint density at radius 2 is 2.10 bits per heavy atom. The molecule has 158 valence electrons. The Morgan fingerprint density at radius 3 is 2.87 bits per heavy atom. The van der Waals surface area contributed by atoms with Crippen LogP contribution < -0.4 is 5.56 Å². The van der Waals surface area contributed by atoms with Gasteiger partial charge in [-0.05, 0) is 37.0 Å². The van der Waals surface area contributed by atoms with Gasteiger partial charge in [0.1, 0.15) is 12.4 Å². The molecule has 0 saturated heterocycles. The second-order valence-electron chi connectivity index (χ2n) is 8.33. The van der Waals surface area contributed by atoms with Crippen molar-refractivity contribution in [2.24, 2.45) is 0 Å². The number of fused-ring (bicyclic) bond motifs is 5. The van der Waals surface area contributed by atoms with Crippen molar-refractivity contribution in [3.63, 3.8) is 0 Å². The van der Waals surface area contributed by atoms with Crippen LogP contribution in [0.25, 0.3) is 22.3 Å². The summed E-state index contributed by atoms with van der Waals surface area (Å²) in [5.74, 6) is -0.201. The Labute approximate surface area is 181 Å². The van der Waals surface area contributed by atoms with Crippen molar-refractivity contribution < 1.29 is 19.0 Å². The molecule has 2 aromatic heterocycles. The number of carbonyl (C=O) groups is 1. The standard InChI is InChI=1S/C23H19FN2O4S/c1-3-23(29)14-6-17-19-12(8-26(17)21(27)13(14)9-30-22(23)28)11-4-5-31-20-10(2)15(24)7-16(25-19)18(11)20/h6-7,29H,3-5,8-9H2,1-2H3/t23-/m0/s1. The molecule has 0 bridgehead atoms. The Hall–Kier alpha value is -2.71. The van der Waals surface area contributed by atoms with Crippen LogP contribution in [0.4, 0.5) is 4.39 Å². The minimum atomic E-state index is -1.86. The Bertz CT molecular complexity index is 1410. The van der Waals surface area contributed by atoms with Crippen molar-refractivity contribution in [1.82, 2.24) is 9.55 Å². The summed E-state index contributed by atoms with van der Waals surface area (Å²) in [5, 5.41) is 12.0. The molecule has 3 aromatic rings. The van der Waals surface area contributed by atoms with Crippen LogP contribution in [0.3, 0.4) is 0 Å². The lowest BCUT2D eigenvalue weighted by atomic mass is 9.86. The van der Waals surface area contributed by atoms with Crippen molar-refractivity contribution in [1.29, 1.82) is 0 Å². The van der Waals surface area contributed by atoms with Gasteiger partial charge in [0.2, 0.25) is 0 Å². The normalized spacial score (nSPS) is 21.0. The first-order chi connectivity index (χ1) is 14.8. The van der Waals surface area contributed by atoms with Crippen LogP contribution in [0.15, 0.2) is 21.8 Å². The number of hydrogen-bond acceptors (Lipinski definition) is 6. The van der Waals surface area contributed by atoms with Gasteiger partial charge in [-0.2, -0.15) is 0 Å². The van der Waals surface area contributed by atoms with Gasteiger partial charge in [0.05, 0.1) is 29.0 Å². The topological polar surface area (TPSA) is 81.4 Å². The fourth-order valence-electron chi connectivity index (χ4n) is 5.08. The SMILES string of the molecule is CC[C@@]1(O)C(=O)OCc2c1cc1n(c2=O)Cc2c-1nc1cc(F)c(C)c3c1c2CCS3. The maximum atomic E-state index is 14.6. The lowest BCUT2D eigenvalue weighted by Gasteiger charge is -2.31. The van der Waals surface area contributed by atoms with Crippen LogP contribution in [-0.2, 0) is 34.7 Å². The number of rotatable bonds is 1. The monoisotopic (exact) mass is 438 g/mol. The number of aliphatic hydroxyl groups is 1. The molecule has 0 saturated carbocycles. The molecule has 1 aromatic carbocycles. The van der Waals surface area contributed by atoms with E-state index in [9.17, 15) is 19.1 Å². The summed E-state index contributed by atoms with van der Waals surface area (Å²) in [7, 11) is 0. The fourth-order valence-corrected chi connectivity index (χ4v) is 6.28. The van der Waals surface area contributed by atoms with E-state index >= 15 is 0 Å². The van der Waals surface area contributed by atoms with E-state index in [1.807, 2.05) is 0 Å². The van der Waals surface area contributed by atoms with Crippen LogP contribution in [-0.4, -0.2) is 26.4 Å². The molecule has 0 spiro atoms. The van der Waals surface area contributed by atoms with Gasteiger partial charge < -0.3 is 14.4 Å². The summed E-state index contributed by atoms with van der Waals surface area (Å²) in [5.41, 5.74) is 2.91. The molecule has 6 nitrogen and oxygen atoms in total. The average molecular weight is 438 g/mol. The molecule has 0 fully saturated rings. The highest BCUT2D eigenvalue weighted by Crippen LogP contribution is 2.45. The molecule has 31 heavy (non-hydrogen) atoms. The summed E-state index contributed by atoms with van der Waals surface area (Å²) in [4.78, 5) is 31.3. The molecule has 1 atom stereocenters. The van der Waals surface area contributed by atoms with E-state index in [1.54, 1.807) is 36.2 Å². The Balaban J connectivity index is 1.68. The highest BCUT2D eigenvalue weighted by molar-refractivity contribution is 7.99. The molecule has 0 unspecified atom stereocenters. The number of aryl methyl sites for hydroxylation is 1. The molecule has 3 aliphatic heterocycles. The molecule has 6 rings (SSSR count). The highest BCUT2D eigenvalue weighted by Gasteiger charge is 2.45. The first-order valence-electron chi connectivity index (χ1n) is 10.3. The second-order valence-corrected chi connectivity index (χ2v) is 9.43. The molecule has 0 aliphatic carbocycles. The van der Waals surface area contributed by atoms with Crippen LogP contribution in [0.1, 0.15) is 41.2 Å². The smallest absolute Gasteiger partial charge is 0.343 e. The lowest BCUT2D eigenvalue weighted by molar-refractivity contribution is -0.172. The van der Waals surface area contributed by atoms with Crippen molar-refractivity contribution in [3.8, 4) is 11.4 Å². The maximum Gasteiger partial charge on any atom is 0.343 e. The number of ether oxygens (including phenoxy) is 1. The number of aromatic nitrogens is 2. The molecule has 5 heterocycles. The van der Waals surface area contributed by atoms with Gasteiger partial charge in [-0.3, -0.25) is 4.79 Å². The van der Waals surface area contributed by atoms with Gasteiger partial charge in [-0.25, -0.2) is 14.2 Å². The third-order valence-corrected chi connectivity index (χ3v) is 8.04. The van der Waals surface area contributed by atoms with E-state index in [1.165, 1.54) is 6.07 Å². The second kappa shape index (κ2) is 6.17. The predicted molar refractivity (Wildman–Crippen MR) is 114 cm³/mol. The van der Waals surface area contributed by atoms with Crippen LogP contribution in [0.2, 0.25) is 0 Å². The van der Waals surface area contributed by atoms with E-state index in [0.717, 1.165) is 33.6 Å². The van der Waals surface area contributed by atoms with E-state index < -0.39 is 11.6 Å². The van der Waals surface area contributed by atoms with Gasteiger partial charge in [0.15, 0.2) is 5.60 Å². The molecular weight excluding hydrogens is 419 g/mol. The number of cyclic esters (lactones) is 1. The quantitative estimate of drug-likeness (QED) is 0.460. The zero-order valence-corrected chi connectivity index (χ0v) is 17.9. The predicted octanol–water partition coefficient (Wildman–Crippen LogP) is 3.18. The Kier molecular flexibility index (Phi) is 3.78.